The molecule has 232 valence electrons. The van der Waals surface area contributed by atoms with Gasteiger partial charge in [-0.25, -0.2) is 12.8 Å². The van der Waals surface area contributed by atoms with Crippen LogP contribution in [0.25, 0.3) is 0 Å². The second kappa shape index (κ2) is 14.6. The maximum Gasteiger partial charge on any atom is 0.265 e. The largest absolute Gasteiger partial charge is 0.497 e. The number of hydrogen-bond donors (Lipinski definition) is 1. The summed E-state index contributed by atoms with van der Waals surface area (Å²) in [5.41, 5.74) is 0.154. The maximum absolute atomic E-state index is 14.7. The van der Waals surface area contributed by atoms with Crippen LogP contribution in [-0.4, -0.2) is 72.7 Å². The molecule has 0 aliphatic heterocycles. The highest BCUT2D eigenvalue weighted by molar-refractivity contribution is 7.92. The highest BCUT2D eigenvalue weighted by Gasteiger charge is 2.34. The predicted molar refractivity (Wildman–Crippen MR) is 159 cm³/mol. The second-order valence-electron chi connectivity index (χ2n) is 9.25. The zero-order valence-electron chi connectivity index (χ0n) is 24.9. The Labute approximate surface area is 251 Å². The van der Waals surface area contributed by atoms with Gasteiger partial charge in [0, 0.05) is 30.8 Å². The van der Waals surface area contributed by atoms with E-state index in [4.69, 9.17) is 18.9 Å². The molecule has 0 fully saturated rings. The first-order chi connectivity index (χ1) is 20.5. The SMILES string of the molecule is CCNC(=O)C(C)N(Cc1ccccc1F)C(=O)CN(c1cc(OC)ccc1OC)S(=O)(=O)c1ccc(OC)c(OC)c1. The number of nitrogens with one attached hydrogen (secondary N) is 1. The third-order valence-corrected chi connectivity index (χ3v) is 8.45. The fourth-order valence-electron chi connectivity index (χ4n) is 4.32. The summed E-state index contributed by atoms with van der Waals surface area (Å²) in [6.07, 6.45) is 0. The summed E-state index contributed by atoms with van der Waals surface area (Å²) in [4.78, 5) is 27.8. The molecular formula is C30H36FN3O8S. The van der Waals surface area contributed by atoms with Gasteiger partial charge < -0.3 is 29.2 Å². The van der Waals surface area contributed by atoms with Gasteiger partial charge in [0.05, 0.1) is 39.0 Å². The van der Waals surface area contributed by atoms with Crippen LogP contribution in [0.5, 0.6) is 23.0 Å². The topological polar surface area (TPSA) is 124 Å². The molecule has 1 unspecified atom stereocenters. The summed E-state index contributed by atoms with van der Waals surface area (Å²) in [6, 6.07) is 13.3. The standard InChI is InChI=1S/C30H36FN3O8S/c1-7-32-30(36)20(2)33(18-21-10-8-9-11-24(21)31)29(35)19-34(25-16-22(39-3)12-14-26(25)40-4)43(37,38)23-13-15-27(41-5)28(17-23)42-6/h8-17,20H,7,18-19H2,1-6H3,(H,32,36). The Bertz CT molecular complexity index is 1550. The maximum atomic E-state index is 14.7. The van der Waals surface area contributed by atoms with E-state index in [9.17, 15) is 22.4 Å². The van der Waals surface area contributed by atoms with Crippen molar-refractivity contribution >= 4 is 27.5 Å². The summed E-state index contributed by atoms with van der Waals surface area (Å²) in [7, 11) is 1.05. The molecular weight excluding hydrogens is 581 g/mol. The lowest BCUT2D eigenvalue weighted by molar-refractivity contribution is -0.139. The van der Waals surface area contributed by atoms with Gasteiger partial charge in [0.15, 0.2) is 11.5 Å². The molecule has 0 aliphatic rings. The van der Waals surface area contributed by atoms with Gasteiger partial charge in [-0.3, -0.25) is 13.9 Å². The molecule has 0 aliphatic carbocycles. The molecule has 0 radical (unpaired) electrons. The normalized spacial score (nSPS) is 11.7. The zero-order chi connectivity index (χ0) is 31.7. The number of carbonyl (C=O) groups excluding carboxylic acids is 2. The summed E-state index contributed by atoms with van der Waals surface area (Å²) in [6.45, 7) is 2.45. The number of benzene rings is 3. The minimum Gasteiger partial charge on any atom is -0.497 e. The monoisotopic (exact) mass is 617 g/mol. The predicted octanol–water partition coefficient (Wildman–Crippen LogP) is 3.61. The molecule has 3 aromatic rings. The Balaban J connectivity index is 2.18. The van der Waals surface area contributed by atoms with E-state index >= 15 is 0 Å². The number of anilines is 1. The molecule has 13 heteroatoms. The number of amides is 2. The van der Waals surface area contributed by atoms with E-state index in [1.807, 2.05) is 0 Å². The van der Waals surface area contributed by atoms with Crippen molar-refractivity contribution in [3.8, 4) is 23.0 Å². The lowest BCUT2D eigenvalue weighted by Gasteiger charge is -2.32. The molecule has 3 aromatic carbocycles. The van der Waals surface area contributed by atoms with Gasteiger partial charge >= 0.3 is 0 Å². The first kappa shape index (κ1) is 33.0. The minimum atomic E-state index is -4.49. The summed E-state index contributed by atoms with van der Waals surface area (Å²) >= 11 is 0. The van der Waals surface area contributed by atoms with Crippen LogP contribution < -0.4 is 28.6 Å². The average molecular weight is 618 g/mol. The number of likely N-dealkylation sites (N-methyl/N-ethyl adjacent to an activating group) is 1. The molecule has 0 spiro atoms. The Morgan fingerprint density at radius 2 is 1.53 bits per heavy atom. The molecule has 0 aromatic heterocycles. The fraction of sp³-hybridized carbons (Fsp3) is 0.333. The van der Waals surface area contributed by atoms with Gasteiger partial charge in [0.1, 0.15) is 29.9 Å². The van der Waals surface area contributed by atoms with E-state index in [0.29, 0.717) is 18.0 Å². The summed E-state index contributed by atoms with van der Waals surface area (Å²) in [5.74, 6) is -0.942. The van der Waals surface area contributed by atoms with E-state index in [2.05, 4.69) is 5.32 Å². The van der Waals surface area contributed by atoms with E-state index < -0.39 is 40.2 Å². The van der Waals surface area contributed by atoms with Gasteiger partial charge in [-0.05, 0) is 44.2 Å². The lowest BCUT2D eigenvalue weighted by atomic mass is 10.1. The Morgan fingerprint density at radius 1 is 0.884 bits per heavy atom. The van der Waals surface area contributed by atoms with Crippen LogP contribution in [0.1, 0.15) is 19.4 Å². The molecule has 1 atom stereocenters. The molecule has 1 N–H and O–H groups in total. The van der Waals surface area contributed by atoms with Crippen LogP contribution in [0.2, 0.25) is 0 Å². The average Bonchev–Trinajstić information content (AvgIpc) is 3.02. The highest BCUT2D eigenvalue weighted by Crippen LogP contribution is 2.37. The van der Waals surface area contributed by atoms with Crippen molar-refractivity contribution in [2.45, 2.75) is 31.3 Å². The quantitative estimate of drug-likeness (QED) is 0.291. The van der Waals surface area contributed by atoms with Gasteiger partial charge in [-0.1, -0.05) is 18.2 Å². The first-order valence-corrected chi connectivity index (χ1v) is 14.7. The molecule has 3 rings (SSSR count). The van der Waals surface area contributed by atoms with Gasteiger partial charge in [-0.2, -0.15) is 0 Å². The van der Waals surface area contributed by atoms with Crippen molar-refractivity contribution in [1.82, 2.24) is 10.2 Å². The van der Waals surface area contributed by atoms with Crippen LogP contribution >= 0.6 is 0 Å². The number of ether oxygens (including phenoxy) is 4. The first-order valence-electron chi connectivity index (χ1n) is 13.3. The number of methoxy groups -OCH3 is 4. The van der Waals surface area contributed by atoms with Crippen molar-refractivity contribution in [3.63, 3.8) is 0 Å². The van der Waals surface area contributed by atoms with E-state index in [1.54, 1.807) is 19.1 Å². The van der Waals surface area contributed by atoms with E-state index in [0.717, 1.165) is 9.21 Å². The van der Waals surface area contributed by atoms with Crippen molar-refractivity contribution in [2.75, 3.05) is 45.8 Å². The zero-order valence-corrected chi connectivity index (χ0v) is 25.7. The van der Waals surface area contributed by atoms with Crippen LogP contribution in [0, 0.1) is 5.82 Å². The minimum absolute atomic E-state index is 0.00138. The number of hydrogen-bond acceptors (Lipinski definition) is 8. The Morgan fingerprint density at radius 3 is 2.14 bits per heavy atom. The van der Waals surface area contributed by atoms with Crippen LogP contribution in [-0.2, 0) is 26.2 Å². The van der Waals surface area contributed by atoms with E-state index in [1.165, 1.54) is 83.9 Å². The molecule has 0 heterocycles. The molecule has 2 amide bonds. The molecule has 0 bridgehead atoms. The number of nitrogens with zero attached hydrogens (tertiary/aromatic N) is 2. The number of sulfonamides is 1. The smallest absolute Gasteiger partial charge is 0.265 e. The third-order valence-electron chi connectivity index (χ3n) is 6.69. The summed E-state index contributed by atoms with van der Waals surface area (Å²) in [5, 5.41) is 2.66. The van der Waals surface area contributed by atoms with Crippen molar-refractivity contribution in [1.29, 1.82) is 0 Å². The van der Waals surface area contributed by atoms with Crippen LogP contribution in [0.4, 0.5) is 10.1 Å². The molecule has 11 nitrogen and oxygen atoms in total. The van der Waals surface area contributed by atoms with Crippen molar-refractivity contribution in [3.05, 3.63) is 72.0 Å². The van der Waals surface area contributed by atoms with Gasteiger partial charge in [0.25, 0.3) is 10.0 Å². The van der Waals surface area contributed by atoms with Crippen LogP contribution in [0.15, 0.2) is 65.6 Å². The summed E-state index contributed by atoms with van der Waals surface area (Å²) < 4.78 is 65.4. The van der Waals surface area contributed by atoms with Crippen molar-refractivity contribution < 1.29 is 41.3 Å². The Kier molecular flexibility index (Phi) is 11.2. The molecule has 0 saturated heterocycles. The van der Waals surface area contributed by atoms with Gasteiger partial charge in [0.2, 0.25) is 11.8 Å². The third kappa shape index (κ3) is 7.47. The fourth-order valence-corrected chi connectivity index (χ4v) is 5.76. The Hall–Kier alpha value is -4.52. The van der Waals surface area contributed by atoms with Gasteiger partial charge in [-0.15, -0.1) is 0 Å². The number of rotatable bonds is 14. The highest BCUT2D eigenvalue weighted by atomic mass is 32.2. The second-order valence-corrected chi connectivity index (χ2v) is 11.1. The van der Waals surface area contributed by atoms with E-state index in [-0.39, 0.29) is 34.2 Å². The van der Waals surface area contributed by atoms with Crippen molar-refractivity contribution in [2.24, 2.45) is 0 Å². The molecule has 43 heavy (non-hydrogen) atoms. The lowest BCUT2D eigenvalue weighted by Crippen LogP contribution is -2.51. The number of carbonyl (C=O) groups is 2. The van der Waals surface area contributed by atoms with Crippen LogP contribution in [0.3, 0.4) is 0 Å². The molecule has 0 saturated carbocycles. The number of halogens is 1.